The lowest BCUT2D eigenvalue weighted by molar-refractivity contribution is -0.109. The first-order valence-corrected chi connectivity index (χ1v) is 5.28. The van der Waals surface area contributed by atoms with Crippen LogP contribution in [0.25, 0.3) is 0 Å². The van der Waals surface area contributed by atoms with Crippen molar-refractivity contribution in [2.24, 2.45) is 0 Å². The highest BCUT2D eigenvalue weighted by atomic mass is 16.1. The van der Waals surface area contributed by atoms with Gasteiger partial charge in [-0.05, 0) is 13.0 Å². The summed E-state index contributed by atoms with van der Waals surface area (Å²) in [6.07, 6.45) is 6.21. The smallest absolute Gasteiger partial charge is 0.138 e. The van der Waals surface area contributed by atoms with Gasteiger partial charge >= 0.3 is 0 Å². The maximum atomic E-state index is 10.4. The fourth-order valence-corrected chi connectivity index (χ4v) is 1.68. The van der Waals surface area contributed by atoms with E-state index in [1.807, 2.05) is 0 Å². The molecule has 0 radical (unpaired) electrons. The van der Waals surface area contributed by atoms with Crippen LogP contribution in [0, 0.1) is 0 Å². The van der Waals surface area contributed by atoms with Crippen molar-refractivity contribution in [2.45, 2.75) is 38.6 Å². The van der Waals surface area contributed by atoms with Crippen LogP contribution in [-0.2, 0) is 4.79 Å². The first kappa shape index (κ1) is 10.7. The number of aldehydes is 1. The Balaban J connectivity index is 2.00. The number of nitrogens with zero attached hydrogens (tertiary/aromatic N) is 1. The highest BCUT2D eigenvalue weighted by Gasteiger charge is 2.19. The van der Waals surface area contributed by atoms with Crippen LogP contribution >= 0.6 is 0 Å². The molecule has 13 heavy (non-hydrogen) atoms. The molecule has 1 saturated heterocycles. The Morgan fingerprint density at radius 1 is 1.46 bits per heavy atom. The number of unbranched alkanes of at least 4 members (excludes halogenated alkanes) is 3. The van der Waals surface area contributed by atoms with Gasteiger partial charge in [0, 0.05) is 13.2 Å². The third-order valence-electron chi connectivity index (χ3n) is 2.52. The summed E-state index contributed by atoms with van der Waals surface area (Å²) >= 11 is 0. The Kier molecular flexibility index (Phi) is 5.01. The second-order valence-electron chi connectivity index (χ2n) is 3.74. The average molecular weight is 184 g/mol. The van der Waals surface area contributed by atoms with Crippen LogP contribution < -0.4 is 5.32 Å². The van der Waals surface area contributed by atoms with E-state index >= 15 is 0 Å². The van der Waals surface area contributed by atoms with Crippen molar-refractivity contribution in [3.8, 4) is 0 Å². The number of nitrogens with one attached hydrogen (secondary N) is 1. The number of rotatable bonds is 6. The molecule has 1 N–H and O–H groups in total. The molecule has 0 saturated carbocycles. The molecule has 0 aromatic heterocycles. The van der Waals surface area contributed by atoms with E-state index < -0.39 is 0 Å². The van der Waals surface area contributed by atoms with Crippen LogP contribution in [0.2, 0.25) is 0 Å². The first-order chi connectivity index (χ1) is 6.36. The summed E-state index contributed by atoms with van der Waals surface area (Å²) in [6, 6.07) is 0.0752. The van der Waals surface area contributed by atoms with Gasteiger partial charge in [-0.25, -0.2) is 0 Å². The van der Waals surface area contributed by atoms with Crippen LogP contribution in [-0.4, -0.2) is 37.0 Å². The summed E-state index contributed by atoms with van der Waals surface area (Å²) in [5.41, 5.74) is 0. The van der Waals surface area contributed by atoms with E-state index in [2.05, 4.69) is 17.1 Å². The largest absolute Gasteiger partial charge is 0.302 e. The van der Waals surface area contributed by atoms with Crippen LogP contribution in [0.4, 0.5) is 0 Å². The SMILES string of the molecule is CCCCCCN1CNC(C=O)C1. The van der Waals surface area contributed by atoms with Crippen molar-refractivity contribution < 1.29 is 4.79 Å². The Morgan fingerprint density at radius 3 is 2.92 bits per heavy atom. The highest BCUT2D eigenvalue weighted by Crippen LogP contribution is 2.04. The molecule has 1 rings (SSSR count). The van der Waals surface area contributed by atoms with E-state index in [0.717, 1.165) is 26.0 Å². The van der Waals surface area contributed by atoms with Crippen molar-refractivity contribution in [3.63, 3.8) is 0 Å². The fraction of sp³-hybridized carbons (Fsp3) is 0.900. The van der Waals surface area contributed by atoms with Crippen LogP contribution in [0.5, 0.6) is 0 Å². The van der Waals surface area contributed by atoms with E-state index in [-0.39, 0.29) is 6.04 Å². The number of hydrogen-bond donors (Lipinski definition) is 1. The van der Waals surface area contributed by atoms with E-state index in [1.54, 1.807) is 0 Å². The molecule has 1 fully saturated rings. The maximum Gasteiger partial charge on any atom is 0.138 e. The molecule has 1 aliphatic rings. The fourth-order valence-electron chi connectivity index (χ4n) is 1.68. The van der Waals surface area contributed by atoms with Crippen LogP contribution in [0.1, 0.15) is 32.6 Å². The number of carbonyl (C=O) groups excluding carboxylic acids is 1. The van der Waals surface area contributed by atoms with E-state index in [0.29, 0.717) is 0 Å². The molecule has 76 valence electrons. The maximum absolute atomic E-state index is 10.4. The summed E-state index contributed by atoms with van der Waals surface area (Å²) in [5, 5.41) is 3.16. The molecule has 1 atom stereocenters. The Labute approximate surface area is 80.5 Å². The summed E-state index contributed by atoms with van der Waals surface area (Å²) in [6.45, 7) is 5.14. The third-order valence-corrected chi connectivity index (χ3v) is 2.52. The van der Waals surface area contributed by atoms with Gasteiger partial charge in [0.1, 0.15) is 6.29 Å². The highest BCUT2D eigenvalue weighted by molar-refractivity contribution is 5.58. The van der Waals surface area contributed by atoms with Crippen molar-refractivity contribution in [1.82, 2.24) is 10.2 Å². The van der Waals surface area contributed by atoms with Gasteiger partial charge in [-0.1, -0.05) is 26.2 Å². The van der Waals surface area contributed by atoms with Crippen molar-refractivity contribution >= 4 is 6.29 Å². The lowest BCUT2D eigenvalue weighted by atomic mass is 10.2. The van der Waals surface area contributed by atoms with Crippen molar-refractivity contribution in [2.75, 3.05) is 19.8 Å². The summed E-state index contributed by atoms with van der Waals surface area (Å²) < 4.78 is 0. The molecule has 0 aromatic carbocycles. The zero-order valence-corrected chi connectivity index (χ0v) is 8.46. The predicted molar refractivity (Wildman–Crippen MR) is 53.6 cm³/mol. The van der Waals surface area contributed by atoms with Crippen LogP contribution in [0.15, 0.2) is 0 Å². The predicted octanol–water partition coefficient (Wildman–Crippen LogP) is 0.997. The van der Waals surface area contributed by atoms with Gasteiger partial charge in [0.2, 0.25) is 0 Å². The molecular weight excluding hydrogens is 164 g/mol. The molecule has 0 amide bonds. The summed E-state index contributed by atoms with van der Waals surface area (Å²) in [7, 11) is 0. The van der Waals surface area contributed by atoms with Gasteiger partial charge in [0.05, 0.1) is 6.04 Å². The van der Waals surface area contributed by atoms with Gasteiger partial charge in [-0.15, -0.1) is 0 Å². The Morgan fingerprint density at radius 2 is 2.31 bits per heavy atom. The minimum absolute atomic E-state index is 0.0752. The van der Waals surface area contributed by atoms with Gasteiger partial charge in [-0.2, -0.15) is 0 Å². The van der Waals surface area contributed by atoms with Gasteiger partial charge in [0.15, 0.2) is 0 Å². The zero-order chi connectivity index (χ0) is 9.52. The molecule has 0 aliphatic carbocycles. The first-order valence-electron chi connectivity index (χ1n) is 5.28. The molecule has 3 heteroatoms. The number of carbonyl (C=O) groups is 1. The van der Waals surface area contributed by atoms with Crippen molar-refractivity contribution in [3.05, 3.63) is 0 Å². The molecule has 3 nitrogen and oxygen atoms in total. The molecule has 1 heterocycles. The average Bonchev–Trinajstić information content (AvgIpc) is 2.60. The molecule has 0 spiro atoms. The molecule has 1 aliphatic heterocycles. The Hall–Kier alpha value is -0.410. The minimum atomic E-state index is 0.0752. The van der Waals surface area contributed by atoms with Crippen LogP contribution in [0.3, 0.4) is 0 Å². The second-order valence-corrected chi connectivity index (χ2v) is 3.74. The standard InChI is InChI=1S/C10H20N2O/c1-2-3-4-5-6-12-7-10(8-13)11-9-12/h8,10-11H,2-7,9H2,1H3. The van der Waals surface area contributed by atoms with Gasteiger partial charge in [0.25, 0.3) is 0 Å². The minimum Gasteiger partial charge on any atom is -0.302 e. The van der Waals surface area contributed by atoms with E-state index in [1.165, 1.54) is 25.7 Å². The molecular formula is C10H20N2O. The summed E-state index contributed by atoms with van der Waals surface area (Å²) in [5.74, 6) is 0. The van der Waals surface area contributed by atoms with E-state index in [9.17, 15) is 4.79 Å². The zero-order valence-electron chi connectivity index (χ0n) is 8.46. The van der Waals surface area contributed by atoms with Crippen molar-refractivity contribution in [1.29, 1.82) is 0 Å². The quantitative estimate of drug-likeness (QED) is 0.493. The monoisotopic (exact) mass is 184 g/mol. The van der Waals surface area contributed by atoms with Gasteiger partial charge in [-0.3, -0.25) is 10.2 Å². The molecule has 0 bridgehead atoms. The molecule has 1 unspecified atom stereocenters. The lowest BCUT2D eigenvalue weighted by Gasteiger charge is -2.12. The number of hydrogen-bond acceptors (Lipinski definition) is 3. The summed E-state index contributed by atoms with van der Waals surface area (Å²) in [4.78, 5) is 12.8. The molecule has 0 aromatic rings. The topological polar surface area (TPSA) is 32.3 Å². The van der Waals surface area contributed by atoms with E-state index in [4.69, 9.17) is 0 Å². The Bertz CT molecular complexity index is 150. The lowest BCUT2D eigenvalue weighted by Crippen LogP contribution is -2.24. The van der Waals surface area contributed by atoms with Gasteiger partial charge < -0.3 is 4.79 Å². The normalized spacial score (nSPS) is 23.6. The third kappa shape index (κ3) is 3.87. The second kappa shape index (κ2) is 6.11.